The first-order valence-corrected chi connectivity index (χ1v) is 11.9. The van der Waals surface area contributed by atoms with Crippen molar-refractivity contribution in [3.8, 4) is 5.69 Å². The van der Waals surface area contributed by atoms with Crippen LogP contribution in [0.25, 0.3) is 11.8 Å². The molecule has 36 heavy (non-hydrogen) atoms. The largest absolute Gasteiger partial charge is 0.318 e. The van der Waals surface area contributed by atoms with Gasteiger partial charge in [0.15, 0.2) is 5.11 Å². The topological polar surface area (TPSA) is 97.5 Å². The zero-order valence-electron chi connectivity index (χ0n) is 20.7. The molecule has 2 amide bonds. The second-order valence-corrected chi connectivity index (χ2v) is 9.48. The van der Waals surface area contributed by atoms with E-state index in [0.29, 0.717) is 28.4 Å². The van der Waals surface area contributed by atoms with Crippen LogP contribution in [0, 0.1) is 30.9 Å². The standard InChI is InChI=1S/C27H26N4O4S/c1-15(2)19-7-10-21(11-8-19)30-26(33)23(25(32)28-27(30)36)13-20-12-17(4)29(18(20)5)22-9-6-16(3)24(14-22)31(34)35/h6-15H,1-5H3,(H,28,32,36)/b23-13+. The summed E-state index contributed by atoms with van der Waals surface area (Å²) in [7, 11) is 0. The fourth-order valence-electron chi connectivity index (χ4n) is 4.32. The Morgan fingerprint density at radius 3 is 2.25 bits per heavy atom. The molecule has 1 aliphatic rings. The van der Waals surface area contributed by atoms with Crippen LogP contribution in [0.15, 0.2) is 54.1 Å². The average Bonchev–Trinajstić information content (AvgIpc) is 3.09. The number of aromatic nitrogens is 1. The highest BCUT2D eigenvalue weighted by atomic mass is 32.1. The van der Waals surface area contributed by atoms with Crippen LogP contribution in [0.2, 0.25) is 0 Å². The average molecular weight is 503 g/mol. The van der Waals surface area contributed by atoms with Crippen LogP contribution in [0.4, 0.5) is 11.4 Å². The van der Waals surface area contributed by atoms with Crippen LogP contribution in [0.5, 0.6) is 0 Å². The summed E-state index contributed by atoms with van der Waals surface area (Å²) >= 11 is 5.31. The number of nitro groups is 1. The zero-order chi connectivity index (χ0) is 26.3. The number of nitro benzene ring substituents is 1. The molecule has 1 saturated heterocycles. The fourth-order valence-corrected chi connectivity index (χ4v) is 4.60. The van der Waals surface area contributed by atoms with Crippen LogP contribution in [-0.2, 0) is 9.59 Å². The van der Waals surface area contributed by atoms with Crippen molar-refractivity contribution >= 4 is 46.6 Å². The first kappa shape index (κ1) is 25.0. The highest BCUT2D eigenvalue weighted by molar-refractivity contribution is 7.80. The van der Waals surface area contributed by atoms with Crippen molar-refractivity contribution in [2.45, 2.75) is 40.5 Å². The van der Waals surface area contributed by atoms with E-state index in [1.54, 1.807) is 19.1 Å². The molecule has 0 aliphatic carbocycles. The summed E-state index contributed by atoms with van der Waals surface area (Å²) in [6.45, 7) is 9.55. The Bertz CT molecular complexity index is 1450. The van der Waals surface area contributed by atoms with Crippen molar-refractivity contribution in [3.05, 3.63) is 92.3 Å². The molecule has 0 atom stereocenters. The van der Waals surface area contributed by atoms with Gasteiger partial charge in [-0.25, -0.2) is 0 Å². The predicted octanol–water partition coefficient (Wildman–Crippen LogP) is 5.27. The first-order chi connectivity index (χ1) is 17.0. The van der Waals surface area contributed by atoms with Crippen LogP contribution in [-0.4, -0.2) is 26.4 Å². The van der Waals surface area contributed by atoms with Gasteiger partial charge in [-0.3, -0.25) is 29.9 Å². The second-order valence-electron chi connectivity index (χ2n) is 9.09. The molecule has 0 saturated carbocycles. The van der Waals surface area contributed by atoms with E-state index in [0.717, 1.165) is 17.0 Å². The number of carbonyl (C=O) groups is 2. The maximum absolute atomic E-state index is 13.4. The number of carbonyl (C=O) groups excluding carboxylic acids is 2. The number of rotatable bonds is 5. The fraction of sp³-hybridized carbons (Fsp3) is 0.222. The van der Waals surface area contributed by atoms with Crippen molar-refractivity contribution in [1.82, 2.24) is 9.88 Å². The molecule has 1 fully saturated rings. The van der Waals surface area contributed by atoms with Crippen LogP contribution in [0.1, 0.15) is 47.8 Å². The summed E-state index contributed by atoms with van der Waals surface area (Å²) in [5.41, 5.74) is 5.04. The van der Waals surface area contributed by atoms with E-state index < -0.39 is 16.7 Å². The molecule has 0 spiro atoms. The van der Waals surface area contributed by atoms with E-state index in [9.17, 15) is 19.7 Å². The lowest BCUT2D eigenvalue weighted by Crippen LogP contribution is -2.54. The van der Waals surface area contributed by atoms with Crippen molar-refractivity contribution in [2.75, 3.05) is 4.90 Å². The van der Waals surface area contributed by atoms with Crippen molar-refractivity contribution in [1.29, 1.82) is 0 Å². The van der Waals surface area contributed by atoms with Gasteiger partial charge in [0.25, 0.3) is 17.5 Å². The number of nitrogens with one attached hydrogen (secondary N) is 1. The Labute approximate surface area is 214 Å². The summed E-state index contributed by atoms with van der Waals surface area (Å²) in [4.78, 5) is 38.5. The molecule has 1 aromatic heterocycles. The number of hydrogen-bond donors (Lipinski definition) is 1. The van der Waals surface area contributed by atoms with Gasteiger partial charge in [0.1, 0.15) is 5.57 Å². The van der Waals surface area contributed by atoms with E-state index in [1.807, 2.05) is 48.7 Å². The van der Waals surface area contributed by atoms with E-state index in [4.69, 9.17) is 12.2 Å². The van der Waals surface area contributed by atoms with E-state index in [1.165, 1.54) is 17.0 Å². The van der Waals surface area contributed by atoms with Crippen LogP contribution in [0.3, 0.4) is 0 Å². The molecule has 0 unspecified atom stereocenters. The SMILES string of the molecule is Cc1ccc(-n2c(C)cc(/C=C3\C(=O)NC(=S)N(c4ccc(C(C)C)cc4)C3=O)c2C)cc1[N+](=O)[O-]. The summed E-state index contributed by atoms with van der Waals surface area (Å²) in [6, 6.07) is 14.4. The molecule has 8 nitrogen and oxygen atoms in total. The molecule has 2 heterocycles. The number of aryl methyl sites for hydroxylation is 2. The molecule has 184 valence electrons. The van der Waals surface area contributed by atoms with E-state index in [-0.39, 0.29) is 16.4 Å². The van der Waals surface area contributed by atoms with Gasteiger partial charge in [-0.1, -0.05) is 32.0 Å². The monoisotopic (exact) mass is 502 g/mol. The Morgan fingerprint density at radius 1 is 1.00 bits per heavy atom. The molecule has 2 aromatic carbocycles. The third kappa shape index (κ3) is 4.45. The molecule has 4 rings (SSSR count). The Balaban J connectivity index is 1.74. The number of benzene rings is 2. The highest BCUT2D eigenvalue weighted by Gasteiger charge is 2.34. The maximum Gasteiger partial charge on any atom is 0.274 e. The van der Waals surface area contributed by atoms with E-state index >= 15 is 0 Å². The number of anilines is 1. The lowest BCUT2D eigenvalue weighted by Gasteiger charge is -2.29. The molecule has 1 N–H and O–H groups in total. The normalized spacial score (nSPS) is 15.1. The lowest BCUT2D eigenvalue weighted by atomic mass is 10.0. The van der Waals surface area contributed by atoms with Gasteiger partial charge in [-0.15, -0.1) is 0 Å². The summed E-state index contributed by atoms with van der Waals surface area (Å²) in [5, 5.41) is 14.1. The lowest BCUT2D eigenvalue weighted by molar-refractivity contribution is -0.385. The molecular weight excluding hydrogens is 476 g/mol. The van der Waals surface area contributed by atoms with Crippen molar-refractivity contribution in [2.24, 2.45) is 0 Å². The van der Waals surface area contributed by atoms with Crippen LogP contribution >= 0.6 is 12.2 Å². The minimum Gasteiger partial charge on any atom is -0.318 e. The minimum atomic E-state index is -0.573. The summed E-state index contributed by atoms with van der Waals surface area (Å²) < 4.78 is 1.86. The van der Waals surface area contributed by atoms with Crippen molar-refractivity contribution in [3.63, 3.8) is 0 Å². The van der Waals surface area contributed by atoms with Gasteiger partial charge in [-0.2, -0.15) is 0 Å². The number of thiocarbonyl (C=S) groups is 1. The number of nitrogens with zero attached hydrogens (tertiary/aromatic N) is 3. The van der Waals surface area contributed by atoms with Gasteiger partial charge in [-0.05, 0) is 80.4 Å². The molecule has 0 radical (unpaired) electrons. The third-order valence-electron chi connectivity index (χ3n) is 6.34. The van der Waals surface area contributed by atoms with Crippen molar-refractivity contribution < 1.29 is 14.5 Å². The Hall–Kier alpha value is -4.11. The van der Waals surface area contributed by atoms with Gasteiger partial charge >= 0.3 is 0 Å². The third-order valence-corrected chi connectivity index (χ3v) is 6.62. The summed E-state index contributed by atoms with van der Waals surface area (Å²) in [5.74, 6) is -0.754. The smallest absolute Gasteiger partial charge is 0.274 e. The highest BCUT2D eigenvalue weighted by Crippen LogP contribution is 2.29. The van der Waals surface area contributed by atoms with Gasteiger partial charge in [0.2, 0.25) is 0 Å². The Morgan fingerprint density at radius 2 is 1.64 bits per heavy atom. The van der Waals surface area contributed by atoms with Gasteiger partial charge < -0.3 is 4.57 Å². The quantitative estimate of drug-likeness (QED) is 0.169. The number of amides is 2. The van der Waals surface area contributed by atoms with E-state index in [2.05, 4.69) is 19.2 Å². The van der Waals surface area contributed by atoms with Gasteiger partial charge in [0.05, 0.1) is 16.3 Å². The first-order valence-electron chi connectivity index (χ1n) is 11.5. The van der Waals surface area contributed by atoms with Gasteiger partial charge in [0, 0.05) is 23.0 Å². The molecular formula is C27H26N4O4S. The Kier molecular flexibility index (Phi) is 6.60. The molecule has 1 aliphatic heterocycles. The summed E-state index contributed by atoms with van der Waals surface area (Å²) in [6.07, 6.45) is 1.54. The minimum absolute atomic E-state index is 0.0226. The molecule has 0 bridgehead atoms. The van der Waals surface area contributed by atoms with Crippen LogP contribution < -0.4 is 10.2 Å². The molecule has 9 heteroatoms. The zero-order valence-corrected chi connectivity index (χ0v) is 21.5. The maximum atomic E-state index is 13.4. The number of hydrogen-bond acceptors (Lipinski definition) is 5. The molecule has 3 aromatic rings. The predicted molar refractivity (Wildman–Crippen MR) is 143 cm³/mol. The second kappa shape index (κ2) is 9.50.